The van der Waals surface area contributed by atoms with Crippen molar-refractivity contribution in [1.82, 2.24) is 14.5 Å². The van der Waals surface area contributed by atoms with Gasteiger partial charge in [0.25, 0.3) is 0 Å². The number of carbonyl (C=O) groups is 1. The van der Waals surface area contributed by atoms with Gasteiger partial charge in [0, 0.05) is 23.6 Å². The molecule has 0 atom stereocenters. The highest BCUT2D eigenvalue weighted by atomic mass is 19.1. The van der Waals surface area contributed by atoms with Gasteiger partial charge < -0.3 is 9.30 Å². The first-order valence-electron chi connectivity index (χ1n) is 9.01. The summed E-state index contributed by atoms with van der Waals surface area (Å²) in [5.41, 5.74) is 3.72. The van der Waals surface area contributed by atoms with Gasteiger partial charge in [-0.1, -0.05) is 18.2 Å². The van der Waals surface area contributed by atoms with E-state index < -0.39 is 0 Å². The molecule has 0 unspecified atom stereocenters. The number of rotatable bonds is 5. The Hall–Kier alpha value is -3.80. The van der Waals surface area contributed by atoms with Crippen LogP contribution in [0.25, 0.3) is 16.8 Å². The normalized spacial score (nSPS) is 10.7. The van der Waals surface area contributed by atoms with E-state index in [9.17, 15) is 9.18 Å². The summed E-state index contributed by atoms with van der Waals surface area (Å²) < 4.78 is 20.9. The van der Waals surface area contributed by atoms with Gasteiger partial charge in [0.05, 0.1) is 7.11 Å². The number of carbonyl (C=O) groups excluding carboxylic acids is 1. The zero-order valence-electron chi connectivity index (χ0n) is 16.0. The summed E-state index contributed by atoms with van der Waals surface area (Å²) in [5.74, 6) is 0.00734. The highest BCUT2D eigenvalue weighted by Gasteiger charge is 2.16. The third-order valence-electron chi connectivity index (χ3n) is 4.66. The highest BCUT2D eigenvalue weighted by Crippen LogP contribution is 2.31. The maximum absolute atomic E-state index is 13.8. The predicted octanol–water partition coefficient (Wildman–Crippen LogP) is 4.62. The smallest absolute Gasteiger partial charge is 0.231 e. The fourth-order valence-corrected chi connectivity index (χ4v) is 3.17. The molecule has 2 aromatic heterocycles. The lowest BCUT2D eigenvalue weighted by Crippen LogP contribution is -2.06. The minimum atomic E-state index is -0.340. The van der Waals surface area contributed by atoms with E-state index >= 15 is 0 Å². The molecule has 0 saturated heterocycles. The minimum absolute atomic E-state index is 0.232. The van der Waals surface area contributed by atoms with Crippen molar-refractivity contribution in [3.63, 3.8) is 0 Å². The van der Waals surface area contributed by atoms with Crippen LogP contribution in [0.15, 0.2) is 73.3 Å². The molecule has 0 saturated carbocycles. The number of aryl methyl sites for hydroxylation is 1. The Labute approximate surface area is 167 Å². The van der Waals surface area contributed by atoms with Crippen LogP contribution in [0.1, 0.15) is 21.7 Å². The molecule has 0 spiro atoms. The minimum Gasteiger partial charge on any atom is -0.496 e. The molecule has 5 nitrogen and oxygen atoms in total. The van der Waals surface area contributed by atoms with Crippen LogP contribution < -0.4 is 4.74 Å². The molecule has 6 heteroatoms. The number of pyridine rings is 1. The number of aromatic nitrogens is 3. The number of ketones is 1. The van der Waals surface area contributed by atoms with Crippen LogP contribution >= 0.6 is 0 Å². The molecule has 4 aromatic rings. The summed E-state index contributed by atoms with van der Waals surface area (Å²) >= 11 is 0. The summed E-state index contributed by atoms with van der Waals surface area (Å²) in [6, 6.07) is 15.5. The van der Waals surface area contributed by atoms with E-state index in [2.05, 4.69) is 9.97 Å². The van der Waals surface area contributed by atoms with Gasteiger partial charge in [-0.05, 0) is 54.4 Å². The predicted molar refractivity (Wildman–Crippen MR) is 108 cm³/mol. The van der Waals surface area contributed by atoms with Gasteiger partial charge in [-0.25, -0.2) is 9.37 Å². The van der Waals surface area contributed by atoms with Crippen molar-refractivity contribution < 1.29 is 13.9 Å². The molecule has 0 bridgehead atoms. The van der Waals surface area contributed by atoms with Gasteiger partial charge in [-0.15, -0.1) is 0 Å². The summed E-state index contributed by atoms with van der Waals surface area (Å²) in [5, 5.41) is 0. The van der Waals surface area contributed by atoms with Crippen molar-refractivity contribution in [2.75, 3.05) is 7.11 Å². The van der Waals surface area contributed by atoms with Crippen LogP contribution in [0.5, 0.6) is 5.75 Å². The van der Waals surface area contributed by atoms with Gasteiger partial charge in [0.1, 0.15) is 29.3 Å². The number of hydrogen-bond donors (Lipinski definition) is 0. The highest BCUT2D eigenvalue weighted by molar-refractivity contribution is 6.07. The van der Waals surface area contributed by atoms with Crippen LogP contribution in [0.3, 0.4) is 0 Å². The largest absolute Gasteiger partial charge is 0.496 e. The van der Waals surface area contributed by atoms with Crippen LogP contribution in [0.4, 0.5) is 4.39 Å². The molecule has 0 radical (unpaired) electrons. The van der Waals surface area contributed by atoms with Gasteiger partial charge in [-0.3, -0.25) is 9.78 Å². The fraction of sp³-hybridized carbons (Fsp3) is 0.0870. The molecule has 0 fully saturated rings. The quantitative estimate of drug-likeness (QED) is 0.469. The Bertz CT molecular complexity index is 1200. The number of ether oxygens (including phenoxy) is 1. The maximum atomic E-state index is 13.8. The third kappa shape index (κ3) is 3.65. The number of nitrogens with zero attached hydrogens (tertiary/aromatic N) is 3. The Balaban J connectivity index is 1.70. The fourth-order valence-electron chi connectivity index (χ4n) is 3.17. The average Bonchev–Trinajstić information content (AvgIpc) is 3.24. The van der Waals surface area contributed by atoms with Gasteiger partial charge in [0.15, 0.2) is 0 Å². The molecule has 29 heavy (non-hydrogen) atoms. The summed E-state index contributed by atoms with van der Waals surface area (Å²) in [6.45, 7) is 1.84. The van der Waals surface area contributed by atoms with E-state index in [0.717, 1.165) is 16.8 Å². The van der Waals surface area contributed by atoms with Gasteiger partial charge in [-0.2, -0.15) is 0 Å². The van der Waals surface area contributed by atoms with Crippen LogP contribution in [0.2, 0.25) is 0 Å². The van der Waals surface area contributed by atoms with E-state index in [1.54, 1.807) is 42.5 Å². The van der Waals surface area contributed by atoms with Crippen molar-refractivity contribution in [2.45, 2.75) is 6.92 Å². The number of imidazole rings is 1. The number of hydrogen-bond acceptors (Lipinski definition) is 4. The van der Waals surface area contributed by atoms with E-state index in [4.69, 9.17) is 4.74 Å². The molecule has 2 heterocycles. The summed E-state index contributed by atoms with van der Waals surface area (Å²) in [6.07, 6.45) is 4.83. The van der Waals surface area contributed by atoms with Crippen LogP contribution in [-0.2, 0) is 0 Å². The Morgan fingerprint density at radius 2 is 1.93 bits per heavy atom. The van der Waals surface area contributed by atoms with Crippen molar-refractivity contribution >= 4 is 5.78 Å². The SMILES string of the molecule is COc1ccc(F)cc1-c1cccc(-n2cnc(C(=O)c3ncccc3C)c2)c1. The third-order valence-corrected chi connectivity index (χ3v) is 4.66. The molecule has 0 aliphatic rings. The van der Waals surface area contributed by atoms with Crippen molar-refractivity contribution in [2.24, 2.45) is 0 Å². The van der Waals surface area contributed by atoms with Crippen LogP contribution in [0, 0.1) is 12.7 Å². The topological polar surface area (TPSA) is 57.0 Å². The first kappa shape index (κ1) is 18.6. The number of methoxy groups -OCH3 is 1. The first-order valence-corrected chi connectivity index (χ1v) is 9.01. The summed E-state index contributed by atoms with van der Waals surface area (Å²) in [7, 11) is 1.55. The van der Waals surface area contributed by atoms with E-state index in [1.165, 1.54) is 12.1 Å². The molecule has 2 aromatic carbocycles. The van der Waals surface area contributed by atoms with E-state index in [1.807, 2.05) is 37.3 Å². The lowest BCUT2D eigenvalue weighted by molar-refractivity contribution is 0.102. The lowest BCUT2D eigenvalue weighted by atomic mass is 10.0. The first-order chi connectivity index (χ1) is 14.1. The van der Waals surface area contributed by atoms with Crippen molar-refractivity contribution in [1.29, 1.82) is 0 Å². The Kier molecular flexibility index (Phi) is 4.91. The molecule has 0 aliphatic carbocycles. The lowest BCUT2D eigenvalue weighted by Gasteiger charge is -2.10. The van der Waals surface area contributed by atoms with E-state index in [0.29, 0.717) is 22.7 Å². The van der Waals surface area contributed by atoms with E-state index in [-0.39, 0.29) is 11.6 Å². The Morgan fingerprint density at radius 3 is 2.72 bits per heavy atom. The molecule has 0 aliphatic heterocycles. The zero-order chi connectivity index (χ0) is 20.4. The van der Waals surface area contributed by atoms with Crippen molar-refractivity contribution in [3.8, 4) is 22.6 Å². The molecule has 0 N–H and O–H groups in total. The molecular formula is C23H18FN3O2. The Morgan fingerprint density at radius 1 is 1.07 bits per heavy atom. The van der Waals surface area contributed by atoms with Crippen molar-refractivity contribution in [3.05, 3.63) is 96.1 Å². The second kappa shape index (κ2) is 7.67. The molecule has 144 valence electrons. The summed E-state index contributed by atoms with van der Waals surface area (Å²) in [4.78, 5) is 21.1. The maximum Gasteiger partial charge on any atom is 0.231 e. The monoisotopic (exact) mass is 387 g/mol. The second-order valence-electron chi connectivity index (χ2n) is 6.56. The number of halogens is 1. The zero-order valence-corrected chi connectivity index (χ0v) is 16.0. The standard InChI is InChI=1S/C23H18FN3O2/c1-15-5-4-10-25-22(15)23(28)20-13-27(14-26-20)18-7-3-6-16(11-18)19-12-17(24)8-9-21(19)29-2/h3-14H,1-2H3. The number of benzene rings is 2. The van der Waals surface area contributed by atoms with Gasteiger partial charge >= 0.3 is 0 Å². The van der Waals surface area contributed by atoms with Gasteiger partial charge in [0.2, 0.25) is 5.78 Å². The molecule has 4 rings (SSSR count). The average molecular weight is 387 g/mol. The second-order valence-corrected chi connectivity index (χ2v) is 6.56. The molecular weight excluding hydrogens is 369 g/mol. The molecule has 0 amide bonds. The van der Waals surface area contributed by atoms with Crippen LogP contribution in [-0.4, -0.2) is 27.4 Å².